The van der Waals surface area contributed by atoms with Gasteiger partial charge in [-0.1, -0.05) is 19.9 Å². The normalized spacial score (nSPS) is 54.6. The minimum Gasteiger partial charge on any atom is -0.432 e. The molecule has 4 saturated carbocycles. The molecule has 3 saturated heterocycles. The van der Waals surface area contributed by atoms with Crippen LogP contribution in [0.3, 0.4) is 0 Å². The van der Waals surface area contributed by atoms with Crippen LogP contribution in [0.2, 0.25) is 0 Å². The zero-order valence-corrected chi connectivity index (χ0v) is 31.8. The van der Waals surface area contributed by atoms with Gasteiger partial charge >= 0.3 is 5.97 Å². The number of hydrogen-bond acceptors (Lipinski definition) is 18. The molecule has 4 aliphatic carbocycles. The predicted octanol–water partition coefficient (Wildman–Crippen LogP) is -2.94. The average Bonchev–Trinajstić information content (AvgIpc) is 3.37. The van der Waals surface area contributed by atoms with Crippen molar-refractivity contribution in [2.45, 2.75) is 169 Å². The van der Waals surface area contributed by atoms with Gasteiger partial charge in [0.2, 0.25) is 6.29 Å². The summed E-state index contributed by atoms with van der Waals surface area (Å²) >= 11 is 0. The zero-order chi connectivity index (χ0) is 40.7. The van der Waals surface area contributed by atoms with Crippen molar-refractivity contribution in [1.82, 2.24) is 0 Å². The van der Waals surface area contributed by atoms with Gasteiger partial charge in [-0.25, -0.2) is 0 Å². The van der Waals surface area contributed by atoms with Crippen molar-refractivity contribution < 1.29 is 89.4 Å². The van der Waals surface area contributed by atoms with Gasteiger partial charge in [0, 0.05) is 0 Å². The quantitative estimate of drug-likeness (QED) is 0.0631. The zero-order valence-electron chi connectivity index (χ0n) is 31.8. The molecular formula is C38H60O18. The van der Waals surface area contributed by atoms with Gasteiger partial charge in [0.05, 0.1) is 30.8 Å². The fourth-order valence-corrected chi connectivity index (χ4v) is 12.0. The van der Waals surface area contributed by atoms with Gasteiger partial charge in [-0.15, -0.1) is 0 Å². The Morgan fingerprint density at radius 3 is 1.82 bits per heavy atom. The Morgan fingerprint density at radius 2 is 1.21 bits per heavy atom. The highest BCUT2D eigenvalue weighted by Gasteiger charge is 2.69. The Kier molecular flexibility index (Phi) is 11.9. The van der Waals surface area contributed by atoms with Gasteiger partial charge < -0.3 is 84.6 Å². The van der Waals surface area contributed by atoms with Gasteiger partial charge in [-0.2, -0.15) is 0 Å². The molecule has 320 valence electrons. The first-order valence-corrected chi connectivity index (χ1v) is 19.9. The van der Waals surface area contributed by atoms with Crippen LogP contribution in [0.4, 0.5) is 0 Å². The third-order valence-electron chi connectivity index (χ3n) is 15.0. The minimum atomic E-state index is -1.81. The van der Waals surface area contributed by atoms with Crippen molar-refractivity contribution in [2.24, 2.45) is 28.1 Å². The molecule has 7 aliphatic rings. The van der Waals surface area contributed by atoms with Crippen molar-refractivity contribution in [1.29, 1.82) is 0 Å². The monoisotopic (exact) mass is 804 g/mol. The smallest absolute Gasteiger partial charge is 0.314 e. The highest BCUT2D eigenvalue weighted by Crippen LogP contribution is 2.73. The summed E-state index contributed by atoms with van der Waals surface area (Å²) in [6.45, 7) is 6.52. The van der Waals surface area contributed by atoms with E-state index in [9.17, 15) is 61.0 Å². The lowest BCUT2D eigenvalue weighted by Crippen LogP contribution is -2.65. The second-order valence-corrected chi connectivity index (χ2v) is 18.0. The van der Waals surface area contributed by atoms with E-state index in [1.165, 1.54) is 0 Å². The molecule has 0 unspecified atom stereocenters. The van der Waals surface area contributed by atoms with Crippen molar-refractivity contribution >= 4 is 5.97 Å². The van der Waals surface area contributed by atoms with Gasteiger partial charge in [0.1, 0.15) is 73.2 Å². The largest absolute Gasteiger partial charge is 0.432 e. The minimum absolute atomic E-state index is 0.121. The Hall–Kier alpha value is -1.43. The number of fused-ring (bicyclic) bond motifs is 3. The molecule has 3 heterocycles. The van der Waals surface area contributed by atoms with Gasteiger partial charge in [-0.3, -0.25) is 4.79 Å². The van der Waals surface area contributed by atoms with Crippen LogP contribution in [0.25, 0.3) is 0 Å². The highest BCUT2D eigenvalue weighted by molar-refractivity contribution is 5.77. The Bertz CT molecular complexity index is 1450. The van der Waals surface area contributed by atoms with E-state index in [2.05, 4.69) is 13.5 Å². The maximum Gasteiger partial charge on any atom is 0.314 e. The van der Waals surface area contributed by atoms with E-state index < -0.39 is 129 Å². The number of carbonyl (C=O) groups excluding carboxylic acids is 1. The van der Waals surface area contributed by atoms with Crippen molar-refractivity contribution in [3.8, 4) is 0 Å². The molecular weight excluding hydrogens is 744 g/mol. The van der Waals surface area contributed by atoms with Crippen molar-refractivity contribution in [2.75, 3.05) is 19.8 Å². The van der Waals surface area contributed by atoms with E-state index in [4.69, 9.17) is 28.4 Å². The molecule has 0 aromatic carbocycles. The van der Waals surface area contributed by atoms with Crippen molar-refractivity contribution in [3.05, 3.63) is 12.2 Å². The molecule has 0 radical (unpaired) electrons. The molecule has 0 amide bonds. The molecule has 18 heteroatoms. The SMILES string of the molecule is C=C1C[C@@]23CC[C@H]4[C@](C)(CCC[C@@]4(C)C(=O)O[C@@H]4O[C@H](CO)[C@H](O)[C@H](O)[C@@H]4O)[C@@H]2CC[C@@]1(O[C@@H]1O[C@H](CO)[C@H](O)[C@H](O)[C@@H]1O[C@@H]1O[C@H](CO)[C@H](O)[C@H](O)[C@H]1O)C3. The fraction of sp³-hybridized carbons (Fsp3) is 0.921. The molecule has 7 fully saturated rings. The lowest BCUT2D eigenvalue weighted by atomic mass is 9.41. The summed E-state index contributed by atoms with van der Waals surface area (Å²) in [5.41, 5.74) is -1.80. The third-order valence-corrected chi connectivity index (χ3v) is 15.0. The summed E-state index contributed by atoms with van der Waals surface area (Å²) in [5, 5.41) is 114. The second kappa shape index (κ2) is 15.6. The van der Waals surface area contributed by atoms with Crippen LogP contribution in [0, 0.1) is 28.1 Å². The lowest BCUT2D eigenvalue weighted by molar-refractivity contribution is -0.378. The number of aliphatic hydroxyl groups is 11. The van der Waals surface area contributed by atoms with Gasteiger partial charge in [0.15, 0.2) is 12.6 Å². The molecule has 3 aliphatic heterocycles. The second-order valence-electron chi connectivity index (χ2n) is 18.0. The maximum atomic E-state index is 14.1. The molecule has 2 bridgehead atoms. The van der Waals surface area contributed by atoms with E-state index in [1.54, 1.807) is 0 Å². The third kappa shape index (κ3) is 6.69. The van der Waals surface area contributed by atoms with E-state index in [-0.39, 0.29) is 22.7 Å². The van der Waals surface area contributed by atoms with Crippen LogP contribution in [-0.4, -0.2) is 180 Å². The number of esters is 1. The van der Waals surface area contributed by atoms with E-state index in [1.807, 2.05) is 6.92 Å². The summed E-state index contributed by atoms with van der Waals surface area (Å²) in [5.74, 6) is -0.591. The molecule has 11 N–H and O–H groups in total. The summed E-state index contributed by atoms with van der Waals surface area (Å²) in [7, 11) is 0. The number of carbonyl (C=O) groups is 1. The predicted molar refractivity (Wildman–Crippen MR) is 186 cm³/mol. The summed E-state index contributed by atoms with van der Waals surface area (Å²) < 4.78 is 35.6. The topological polar surface area (TPSA) is 295 Å². The Balaban J connectivity index is 1.10. The fourth-order valence-electron chi connectivity index (χ4n) is 12.0. The Labute approximate surface area is 324 Å². The first kappa shape index (κ1) is 42.7. The lowest BCUT2D eigenvalue weighted by Gasteiger charge is -2.64. The number of aliphatic hydroxyl groups excluding tert-OH is 11. The molecule has 0 aromatic rings. The first-order chi connectivity index (χ1) is 26.4. The van der Waals surface area contributed by atoms with E-state index in [0.717, 1.165) is 18.4 Å². The molecule has 0 aromatic heterocycles. The molecule has 21 atom stereocenters. The van der Waals surface area contributed by atoms with Crippen LogP contribution >= 0.6 is 0 Å². The van der Waals surface area contributed by atoms with Gasteiger partial charge in [-0.05, 0) is 86.5 Å². The highest BCUT2D eigenvalue weighted by atomic mass is 16.8. The summed E-state index contributed by atoms with van der Waals surface area (Å²) in [6, 6.07) is 0. The summed E-state index contributed by atoms with van der Waals surface area (Å²) in [4.78, 5) is 14.1. The number of hydrogen-bond donors (Lipinski definition) is 11. The van der Waals surface area contributed by atoms with Crippen LogP contribution < -0.4 is 0 Å². The molecule has 56 heavy (non-hydrogen) atoms. The molecule has 18 nitrogen and oxygen atoms in total. The van der Waals surface area contributed by atoms with E-state index in [0.29, 0.717) is 44.9 Å². The van der Waals surface area contributed by atoms with Crippen LogP contribution in [0.5, 0.6) is 0 Å². The van der Waals surface area contributed by atoms with Crippen LogP contribution in [-0.2, 0) is 33.2 Å². The van der Waals surface area contributed by atoms with Crippen LogP contribution in [0.1, 0.15) is 71.6 Å². The summed E-state index contributed by atoms with van der Waals surface area (Å²) in [6.07, 6.45) is -17.8. The molecule has 7 rings (SSSR count). The van der Waals surface area contributed by atoms with Crippen molar-refractivity contribution in [3.63, 3.8) is 0 Å². The van der Waals surface area contributed by atoms with E-state index >= 15 is 0 Å². The molecule has 1 spiro atoms. The number of ether oxygens (including phenoxy) is 6. The van der Waals surface area contributed by atoms with Crippen LogP contribution in [0.15, 0.2) is 12.2 Å². The average molecular weight is 805 g/mol. The maximum absolute atomic E-state index is 14.1. The Morgan fingerprint density at radius 1 is 0.679 bits per heavy atom. The van der Waals surface area contributed by atoms with Gasteiger partial charge in [0.25, 0.3) is 0 Å². The standard InChI is InChI=1S/C38H60O18/c1-16-11-37-9-5-20-35(2,7-4-8-36(20,3)34(50)55-32-29(49)26(46)23(43)18(13-40)52-32)21(37)6-10-38(16,15-37)56-33-30(27(47)24(44)19(14-41)53-33)54-31-28(48)25(45)22(42)17(12-39)51-31/h17-33,39-49H,1,4-15H2,2-3H3/t17-,18-,19-,20+,21+,22+,23+,24+,25+,26+,27+,28-,29+,30+,31+,32+,33+,35+,36-,37-,38-/m1/s1. The first-order valence-electron chi connectivity index (χ1n) is 19.9. The number of rotatable bonds is 9.